The predicted molar refractivity (Wildman–Crippen MR) is 77.7 cm³/mol. The van der Waals surface area contributed by atoms with Gasteiger partial charge in [0.2, 0.25) is 0 Å². The maximum atomic E-state index is 10.7. The molecular formula is C14H19ClN2O2. The van der Waals surface area contributed by atoms with E-state index in [-0.39, 0.29) is 10.7 Å². The maximum Gasteiger partial charge on any atom is 0.288 e. The Morgan fingerprint density at radius 1 is 1.26 bits per heavy atom. The van der Waals surface area contributed by atoms with Gasteiger partial charge >= 0.3 is 0 Å². The third-order valence-electron chi connectivity index (χ3n) is 3.69. The van der Waals surface area contributed by atoms with E-state index in [2.05, 4.69) is 19.2 Å². The molecule has 0 saturated heterocycles. The maximum absolute atomic E-state index is 10.7. The SMILES string of the molecule is CC1CC(C)CC(Nc2ccc([N+](=O)[O-])c(Cl)c2)C1. The summed E-state index contributed by atoms with van der Waals surface area (Å²) in [4.78, 5) is 10.2. The molecule has 5 heteroatoms. The average Bonchev–Trinajstić information content (AvgIpc) is 2.26. The quantitative estimate of drug-likeness (QED) is 0.657. The molecule has 1 aromatic rings. The van der Waals surface area contributed by atoms with Gasteiger partial charge in [-0.3, -0.25) is 10.1 Å². The molecule has 104 valence electrons. The molecule has 0 aromatic heterocycles. The summed E-state index contributed by atoms with van der Waals surface area (Å²) in [5.41, 5.74) is 0.819. The Morgan fingerprint density at radius 3 is 2.42 bits per heavy atom. The predicted octanol–water partition coefficient (Wildman–Crippen LogP) is 4.48. The van der Waals surface area contributed by atoms with E-state index in [1.54, 1.807) is 12.1 Å². The summed E-state index contributed by atoms with van der Waals surface area (Å²) in [5, 5.41) is 14.3. The lowest BCUT2D eigenvalue weighted by Gasteiger charge is -2.32. The molecule has 1 aromatic carbocycles. The van der Waals surface area contributed by atoms with Gasteiger partial charge in [-0.2, -0.15) is 0 Å². The van der Waals surface area contributed by atoms with Gasteiger partial charge in [0.1, 0.15) is 5.02 Å². The zero-order chi connectivity index (χ0) is 14.0. The first-order chi connectivity index (χ1) is 8.95. The van der Waals surface area contributed by atoms with Gasteiger partial charge in [-0.15, -0.1) is 0 Å². The van der Waals surface area contributed by atoms with Crippen LogP contribution in [0.15, 0.2) is 18.2 Å². The van der Waals surface area contributed by atoms with Gasteiger partial charge in [-0.25, -0.2) is 0 Å². The number of benzene rings is 1. The van der Waals surface area contributed by atoms with E-state index in [0.717, 1.165) is 30.4 Å². The smallest absolute Gasteiger partial charge is 0.288 e. The van der Waals surface area contributed by atoms with Crippen LogP contribution in [0.3, 0.4) is 0 Å². The molecule has 1 saturated carbocycles. The summed E-state index contributed by atoms with van der Waals surface area (Å²) in [7, 11) is 0. The Hall–Kier alpha value is -1.29. The van der Waals surface area contributed by atoms with E-state index in [9.17, 15) is 10.1 Å². The van der Waals surface area contributed by atoms with Gasteiger partial charge in [0.15, 0.2) is 0 Å². The van der Waals surface area contributed by atoms with Gasteiger partial charge in [0, 0.05) is 17.8 Å². The monoisotopic (exact) mass is 282 g/mol. The van der Waals surface area contributed by atoms with Crippen LogP contribution in [0.25, 0.3) is 0 Å². The lowest BCUT2D eigenvalue weighted by Crippen LogP contribution is -2.30. The van der Waals surface area contributed by atoms with Gasteiger partial charge in [0.25, 0.3) is 5.69 Å². The fourth-order valence-electron chi connectivity index (χ4n) is 3.05. The topological polar surface area (TPSA) is 55.2 Å². The van der Waals surface area contributed by atoms with Crippen molar-refractivity contribution in [1.29, 1.82) is 0 Å². The van der Waals surface area contributed by atoms with Gasteiger partial charge in [-0.05, 0) is 43.2 Å². The van der Waals surface area contributed by atoms with Crippen molar-refractivity contribution in [2.75, 3.05) is 5.32 Å². The van der Waals surface area contributed by atoms with Crippen LogP contribution in [0.2, 0.25) is 5.02 Å². The zero-order valence-corrected chi connectivity index (χ0v) is 12.0. The number of nitro groups is 1. The number of nitrogens with one attached hydrogen (secondary N) is 1. The molecule has 0 heterocycles. The van der Waals surface area contributed by atoms with Crippen LogP contribution in [-0.4, -0.2) is 11.0 Å². The first-order valence-electron chi connectivity index (χ1n) is 6.66. The molecule has 2 atom stereocenters. The second-order valence-electron chi connectivity index (χ2n) is 5.68. The standard InChI is InChI=1S/C14H19ClN2O2/c1-9-5-10(2)7-12(6-9)16-11-3-4-14(17(18)19)13(15)8-11/h3-4,8-10,12,16H,5-7H2,1-2H3. The van der Waals surface area contributed by atoms with E-state index >= 15 is 0 Å². The molecule has 2 unspecified atom stereocenters. The van der Waals surface area contributed by atoms with Crippen LogP contribution in [0, 0.1) is 22.0 Å². The molecule has 1 fully saturated rings. The first kappa shape index (κ1) is 14.1. The number of nitro benzene ring substituents is 1. The molecule has 19 heavy (non-hydrogen) atoms. The van der Waals surface area contributed by atoms with E-state index in [1.807, 2.05) is 0 Å². The van der Waals surface area contributed by atoms with Crippen LogP contribution in [0.5, 0.6) is 0 Å². The molecule has 2 rings (SSSR count). The van der Waals surface area contributed by atoms with Crippen molar-refractivity contribution in [2.45, 2.75) is 39.2 Å². The summed E-state index contributed by atoms with van der Waals surface area (Å²) in [6.45, 7) is 4.54. The van der Waals surface area contributed by atoms with E-state index in [1.165, 1.54) is 12.5 Å². The van der Waals surface area contributed by atoms with Crippen molar-refractivity contribution in [2.24, 2.45) is 11.8 Å². The molecule has 0 aliphatic heterocycles. The van der Waals surface area contributed by atoms with Crippen molar-refractivity contribution < 1.29 is 4.92 Å². The molecular weight excluding hydrogens is 264 g/mol. The molecule has 1 aliphatic carbocycles. The van der Waals surface area contributed by atoms with E-state index in [4.69, 9.17) is 11.6 Å². The van der Waals surface area contributed by atoms with Crippen LogP contribution < -0.4 is 5.32 Å². The number of rotatable bonds is 3. The number of hydrogen-bond acceptors (Lipinski definition) is 3. The highest BCUT2D eigenvalue weighted by Crippen LogP contribution is 2.32. The van der Waals surface area contributed by atoms with Crippen molar-refractivity contribution in [1.82, 2.24) is 0 Å². The van der Waals surface area contributed by atoms with Crippen molar-refractivity contribution in [3.63, 3.8) is 0 Å². The molecule has 0 spiro atoms. The summed E-state index contributed by atoms with van der Waals surface area (Å²) >= 11 is 5.92. The average molecular weight is 283 g/mol. The first-order valence-corrected chi connectivity index (χ1v) is 7.04. The van der Waals surface area contributed by atoms with Crippen LogP contribution in [-0.2, 0) is 0 Å². The van der Waals surface area contributed by atoms with Crippen molar-refractivity contribution >= 4 is 23.0 Å². The summed E-state index contributed by atoms with van der Waals surface area (Å²) in [5.74, 6) is 1.43. The fraction of sp³-hybridized carbons (Fsp3) is 0.571. The Kier molecular flexibility index (Phi) is 4.30. The highest BCUT2D eigenvalue weighted by Gasteiger charge is 2.24. The summed E-state index contributed by atoms with van der Waals surface area (Å²) < 4.78 is 0. The fourth-order valence-corrected chi connectivity index (χ4v) is 3.29. The second kappa shape index (κ2) is 5.78. The minimum Gasteiger partial charge on any atom is -0.382 e. The van der Waals surface area contributed by atoms with Gasteiger partial charge < -0.3 is 5.32 Å². The van der Waals surface area contributed by atoms with Crippen molar-refractivity contribution in [3.8, 4) is 0 Å². The zero-order valence-electron chi connectivity index (χ0n) is 11.2. The number of anilines is 1. The Labute approximate surface area is 118 Å². The van der Waals surface area contributed by atoms with E-state index in [0.29, 0.717) is 6.04 Å². The number of nitrogens with zero attached hydrogens (tertiary/aromatic N) is 1. The second-order valence-corrected chi connectivity index (χ2v) is 6.09. The summed E-state index contributed by atoms with van der Waals surface area (Å²) in [6, 6.07) is 5.26. The lowest BCUT2D eigenvalue weighted by atomic mass is 9.80. The van der Waals surface area contributed by atoms with Gasteiger partial charge in [-0.1, -0.05) is 25.4 Å². The van der Waals surface area contributed by atoms with Crippen LogP contribution in [0.1, 0.15) is 33.1 Å². The molecule has 0 amide bonds. The Bertz CT molecular complexity index is 469. The van der Waals surface area contributed by atoms with Gasteiger partial charge in [0.05, 0.1) is 4.92 Å². The van der Waals surface area contributed by atoms with Crippen LogP contribution >= 0.6 is 11.6 Å². The Morgan fingerprint density at radius 2 is 1.89 bits per heavy atom. The summed E-state index contributed by atoms with van der Waals surface area (Å²) in [6.07, 6.45) is 3.55. The number of halogens is 1. The normalized spacial score (nSPS) is 27.0. The third kappa shape index (κ3) is 3.60. The van der Waals surface area contributed by atoms with Crippen LogP contribution in [0.4, 0.5) is 11.4 Å². The third-order valence-corrected chi connectivity index (χ3v) is 4.00. The van der Waals surface area contributed by atoms with Crippen molar-refractivity contribution in [3.05, 3.63) is 33.3 Å². The largest absolute Gasteiger partial charge is 0.382 e. The highest BCUT2D eigenvalue weighted by atomic mass is 35.5. The minimum absolute atomic E-state index is 0.0439. The molecule has 0 radical (unpaired) electrons. The Balaban J connectivity index is 2.07. The molecule has 1 aliphatic rings. The molecule has 0 bridgehead atoms. The number of hydrogen-bond donors (Lipinski definition) is 1. The van der Waals surface area contributed by atoms with E-state index < -0.39 is 4.92 Å². The molecule has 1 N–H and O–H groups in total. The lowest BCUT2D eigenvalue weighted by molar-refractivity contribution is -0.384. The minimum atomic E-state index is -0.461. The molecule has 4 nitrogen and oxygen atoms in total. The highest BCUT2D eigenvalue weighted by molar-refractivity contribution is 6.32.